The van der Waals surface area contributed by atoms with Crippen molar-refractivity contribution in [1.29, 1.82) is 0 Å². The van der Waals surface area contributed by atoms with Gasteiger partial charge in [-0.3, -0.25) is 14.5 Å². The molecule has 2 aromatic rings. The van der Waals surface area contributed by atoms with Gasteiger partial charge in [0.2, 0.25) is 15.0 Å². The molecule has 1 aromatic carbocycles. The normalized spacial score (nSPS) is 23.2. The van der Waals surface area contributed by atoms with Gasteiger partial charge < -0.3 is 5.73 Å². The van der Waals surface area contributed by atoms with E-state index in [9.17, 15) is 31.2 Å². The van der Waals surface area contributed by atoms with Gasteiger partial charge in [-0.2, -0.15) is 17.9 Å². The van der Waals surface area contributed by atoms with E-state index < -0.39 is 48.8 Å². The zero-order chi connectivity index (χ0) is 24.4. The number of Topliss-reactive ketones (excluding diaryl/α,β-unsaturated/α-hetero) is 1. The Kier molecular flexibility index (Phi) is 5.18. The van der Waals surface area contributed by atoms with Crippen LogP contribution in [0.3, 0.4) is 0 Å². The number of hydrogen-bond donors (Lipinski definition) is 2. The number of carbonyl (C=O) groups excluding carboxylic acids is 2. The molecule has 1 aliphatic heterocycles. The summed E-state index contributed by atoms with van der Waals surface area (Å²) >= 11 is 0.328. The lowest BCUT2D eigenvalue weighted by Gasteiger charge is -2.35. The number of rotatable bonds is 4. The van der Waals surface area contributed by atoms with Crippen molar-refractivity contribution in [3.63, 3.8) is 0 Å². The first-order chi connectivity index (χ1) is 15.2. The van der Waals surface area contributed by atoms with Crippen LogP contribution >= 0.6 is 11.3 Å². The summed E-state index contributed by atoms with van der Waals surface area (Å²) in [5.74, 6) is -2.61. The Balaban J connectivity index is 1.99. The summed E-state index contributed by atoms with van der Waals surface area (Å²) in [6.45, 7) is 3.37. The molecule has 0 spiro atoms. The van der Waals surface area contributed by atoms with Crippen LogP contribution in [0.2, 0.25) is 0 Å². The Bertz CT molecular complexity index is 1290. The molecule has 33 heavy (non-hydrogen) atoms. The number of halogens is 3. The van der Waals surface area contributed by atoms with Crippen LogP contribution in [-0.4, -0.2) is 42.0 Å². The monoisotopic (exact) mass is 501 g/mol. The van der Waals surface area contributed by atoms with Crippen LogP contribution in [0.25, 0.3) is 0 Å². The van der Waals surface area contributed by atoms with Crippen molar-refractivity contribution in [2.45, 2.75) is 42.7 Å². The summed E-state index contributed by atoms with van der Waals surface area (Å²) in [6.07, 6.45) is -5.85. The number of anilines is 2. The maximum Gasteiger partial charge on any atom is 0.421 e. The molecule has 2 heterocycles. The molecule has 176 valence electrons. The fraction of sp³-hybridized carbons (Fsp3) is 0.368. The third-order valence-electron chi connectivity index (χ3n) is 5.40. The number of amides is 1. The molecule has 1 aromatic heterocycles. The van der Waals surface area contributed by atoms with Crippen LogP contribution in [0.1, 0.15) is 26.7 Å². The minimum atomic E-state index is -5.49. The Morgan fingerprint density at radius 1 is 1.12 bits per heavy atom. The van der Waals surface area contributed by atoms with Crippen LogP contribution in [0.4, 0.5) is 24.0 Å². The first-order valence-corrected chi connectivity index (χ1v) is 11.9. The lowest BCUT2D eigenvalue weighted by atomic mass is 9.72. The number of nitrogens with two attached hydrogens (primary N) is 1. The Morgan fingerprint density at radius 3 is 2.30 bits per heavy atom. The fourth-order valence-corrected chi connectivity index (χ4v) is 6.25. The Morgan fingerprint density at radius 2 is 1.76 bits per heavy atom. The van der Waals surface area contributed by atoms with Crippen molar-refractivity contribution in [3.05, 3.63) is 41.6 Å². The number of nitrogens with zero attached hydrogens (tertiary/aromatic N) is 3. The summed E-state index contributed by atoms with van der Waals surface area (Å²) in [4.78, 5) is 27.4. The highest BCUT2D eigenvalue weighted by molar-refractivity contribution is 7.91. The molecule has 4 rings (SSSR count). The van der Waals surface area contributed by atoms with Gasteiger partial charge in [-0.15, -0.1) is 10.2 Å². The van der Waals surface area contributed by atoms with Gasteiger partial charge in [-0.1, -0.05) is 43.4 Å². The molecule has 1 atom stereocenters. The van der Waals surface area contributed by atoms with E-state index in [2.05, 4.69) is 10.2 Å². The second kappa shape index (κ2) is 7.33. The highest BCUT2D eigenvalue weighted by Crippen LogP contribution is 2.53. The van der Waals surface area contributed by atoms with Crippen LogP contribution in [-0.2, 0) is 19.6 Å². The molecule has 1 aliphatic carbocycles. The van der Waals surface area contributed by atoms with Crippen molar-refractivity contribution in [3.8, 4) is 0 Å². The third kappa shape index (κ3) is 3.61. The number of nitrogen functional groups attached to an aromatic ring is 1. The van der Waals surface area contributed by atoms with Gasteiger partial charge in [0.05, 0.1) is 5.57 Å². The lowest BCUT2D eigenvalue weighted by molar-refractivity contribution is -0.184. The molecule has 2 aliphatic rings. The van der Waals surface area contributed by atoms with E-state index in [0.29, 0.717) is 11.3 Å². The number of sulfonamides is 1. The lowest BCUT2D eigenvalue weighted by Crippen LogP contribution is -2.66. The van der Waals surface area contributed by atoms with E-state index in [1.165, 1.54) is 29.0 Å². The van der Waals surface area contributed by atoms with Crippen molar-refractivity contribution < 1.29 is 31.2 Å². The summed E-state index contributed by atoms with van der Waals surface area (Å²) in [7, 11) is -5.04. The van der Waals surface area contributed by atoms with E-state index in [0.717, 1.165) is 4.90 Å². The SMILES string of the molecule is CC1(C)CC(=O)C2=C(C1)N(c1ccccc1)C(=O)C2(NS(=O)(=O)c1nnc(N)s1)C(F)(F)F. The van der Waals surface area contributed by atoms with E-state index in [4.69, 9.17) is 5.73 Å². The van der Waals surface area contributed by atoms with Crippen molar-refractivity contribution in [2.24, 2.45) is 5.41 Å². The second-order valence-electron chi connectivity index (χ2n) is 8.50. The van der Waals surface area contributed by atoms with Gasteiger partial charge in [0.1, 0.15) is 0 Å². The van der Waals surface area contributed by atoms with E-state index in [1.807, 2.05) is 0 Å². The maximum absolute atomic E-state index is 14.7. The predicted molar refractivity (Wildman–Crippen MR) is 112 cm³/mol. The van der Waals surface area contributed by atoms with Crippen LogP contribution < -0.4 is 15.4 Å². The van der Waals surface area contributed by atoms with Gasteiger partial charge in [0.15, 0.2) is 5.78 Å². The Labute approximate surface area is 190 Å². The summed E-state index contributed by atoms with van der Waals surface area (Å²) in [5.41, 5.74) is -0.246. The molecule has 0 bridgehead atoms. The van der Waals surface area contributed by atoms with E-state index in [-0.39, 0.29) is 29.4 Å². The third-order valence-corrected chi connectivity index (χ3v) is 7.97. The van der Waals surface area contributed by atoms with Gasteiger partial charge in [0, 0.05) is 17.8 Å². The number of ketones is 1. The largest absolute Gasteiger partial charge is 0.421 e. The number of carbonyl (C=O) groups is 2. The highest BCUT2D eigenvalue weighted by Gasteiger charge is 2.72. The molecule has 0 fully saturated rings. The minimum Gasteiger partial charge on any atom is -0.374 e. The first-order valence-electron chi connectivity index (χ1n) is 9.56. The van der Waals surface area contributed by atoms with Crippen molar-refractivity contribution in [2.75, 3.05) is 10.6 Å². The molecule has 3 N–H and O–H groups in total. The average Bonchev–Trinajstić information content (AvgIpc) is 3.22. The first kappa shape index (κ1) is 23.3. The second-order valence-corrected chi connectivity index (χ2v) is 11.4. The van der Waals surface area contributed by atoms with Gasteiger partial charge in [-0.25, -0.2) is 8.42 Å². The molecule has 14 heteroatoms. The zero-order valence-corrected chi connectivity index (χ0v) is 18.9. The zero-order valence-electron chi connectivity index (χ0n) is 17.3. The molecular formula is C19H18F3N5O4S2. The fourth-order valence-electron chi connectivity index (χ4n) is 4.14. The number of aromatic nitrogens is 2. The minimum absolute atomic E-state index is 0.0555. The number of allylic oxidation sites excluding steroid dienone is 1. The summed E-state index contributed by atoms with van der Waals surface area (Å²) < 4.78 is 70.6. The molecule has 1 unspecified atom stereocenters. The number of benzene rings is 1. The van der Waals surface area contributed by atoms with Crippen LogP contribution in [0.5, 0.6) is 0 Å². The van der Waals surface area contributed by atoms with E-state index >= 15 is 0 Å². The number of para-hydroxylation sites is 1. The van der Waals surface area contributed by atoms with Crippen molar-refractivity contribution >= 4 is 43.9 Å². The number of alkyl halides is 3. The van der Waals surface area contributed by atoms with Crippen LogP contribution in [0, 0.1) is 5.41 Å². The van der Waals surface area contributed by atoms with Crippen molar-refractivity contribution in [1.82, 2.24) is 14.9 Å². The van der Waals surface area contributed by atoms with Gasteiger partial charge >= 0.3 is 6.18 Å². The van der Waals surface area contributed by atoms with Crippen LogP contribution in [0.15, 0.2) is 45.9 Å². The van der Waals surface area contributed by atoms with E-state index in [1.54, 1.807) is 19.9 Å². The smallest absolute Gasteiger partial charge is 0.374 e. The molecule has 9 nitrogen and oxygen atoms in total. The summed E-state index contributed by atoms with van der Waals surface area (Å²) in [6, 6.07) is 7.44. The average molecular weight is 502 g/mol. The maximum atomic E-state index is 14.7. The number of nitrogens with one attached hydrogen (secondary N) is 1. The molecule has 0 saturated carbocycles. The standard InChI is InChI=1S/C19H18F3N5O4S2/c1-17(2)8-11-13(12(28)9-17)18(19(20,21)22,14(29)27(11)10-6-4-3-5-7-10)26-33(30,31)16-25-24-15(23)32-16/h3-7,26H,8-9H2,1-2H3,(H2,23,24). The molecule has 0 radical (unpaired) electrons. The quantitative estimate of drug-likeness (QED) is 0.657. The summed E-state index contributed by atoms with van der Waals surface area (Å²) in [5, 5.41) is 6.31. The Hall–Kier alpha value is -2.84. The number of hydrogen-bond acceptors (Lipinski definition) is 8. The van der Waals surface area contributed by atoms with Gasteiger partial charge in [-0.05, 0) is 24.0 Å². The molecule has 1 amide bonds. The predicted octanol–water partition coefficient (Wildman–Crippen LogP) is 2.39. The topological polar surface area (TPSA) is 135 Å². The highest BCUT2D eigenvalue weighted by atomic mass is 32.2. The molecular weight excluding hydrogens is 483 g/mol. The molecule has 0 saturated heterocycles. The van der Waals surface area contributed by atoms with Gasteiger partial charge in [0.25, 0.3) is 15.9 Å².